The number of para-hydroxylation sites is 1. The molecule has 1 aliphatic carbocycles. The van der Waals surface area contributed by atoms with Crippen molar-refractivity contribution >= 4 is 31.4 Å². The SMILES string of the molecule is Cl.NCCNC1CCC(CC(=O)N[C@H]2Cc3cccc(C(=O)O)c3OB2O)CC1. The van der Waals surface area contributed by atoms with Crippen molar-refractivity contribution in [1.29, 1.82) is 0 Å². The molecule has 2 aliphatic rings. The molecule has 1 aliphatic heterocycles. The minimum absolute atomic E-state index is 0. The lowest BCUT2D eigenvalue weighted by atomic mass is 9.72. The number of halogens is 1. The Morgan fingerprint density at radius 1 is 1.24 bits per heavy atom. The highest BCUT2D eigenvalue weighted by Gasteiger charge is 2.38. The van der Waals surface area contributed by atoms with E-state index in [0.717, 1.165) is 32.2 Å². The molecule has 1 amide bonds. The van der Waals surface area contributed by atoms with Crippen LogP contribution in [0.25, 0.3) is 0 Å². The predicted molar refractivity (Wildman–Crippen MR) is 112 cm³/mol. The molecule has 6 N–H and O–H groups in total. The number of nitrogens with two attached hydrogens (primary N) is 1. The van der Waals surface area contributed by atoms with Crippen molar-refractivity contribution in [3.8, 4) is 5.75 Å². The van der Waals surface area contributed by atoms with Gasteiger partial charge in [-0.2, -0.15) is 0 Å². The van der Waals surface area contributed by atoms with Crippen LogP contribution in [0.4, 0.5) is 0 Å². The number of benzene rings is 1. The Bertz CT molecular complexity index is 715. The number of carbonyl (C=O) groups is 2. The zero-order valence-corrected chi connectivity index (χ0v) is 17.1. The smallest absolute Gasteiger partial charge is 0.534 e. The Labute approximate surface area is 177 Å². The maximum absolute atomic E-state index is 12.5. The van der Waals surface area contributed by atoms with Gasteiger partial charge in [-0.1, -0.05) is 12.1 Å². The maximum atomic E-state index is 12.5. The number of nitrogens with one attached hydrogen (secondary N) is 2. The molecular weight excluding hydrogens is 396 g/mol. The van der Waals surface area contributed by atoms with E-state index in [4.69, 9.17) is 10.4 Å². The fourth-order valence-electron chi connectivity index (χ4n) is 4.10. The highest BCUT2D eigenvalue weighted by Crippen LogP contribution is 2.31. The number of carbonyl (C=O) groups excluding carboxylic acids is 1. The van der Waals surface area contributed by atoms with Crippen LogP contribution in [-0.4, -0.2) is 54.2 Å². The molecule has 1 heterocycles. The third-order valence-electron chi connectivity index (χ3n) is 5.59. The third-order valence-corrected chi connectivity index (χ3v) is 5.59. The average molecular weight is 426 g/mol. The van der Waals surface area contributed by atoms with Gasteiger partial charge in [-0.15, -0.1) is 12.4 Å². The first-order chi connectivity index (χ1) is 13.5. The number of fused-ring (bicyclic) bond motifs is 1. The van der Waals surface area contributed by atoms with Gasteiger partial charge in [0.2, 0.25) is 5.91 Å². The van der Waals surface area contributed by atoms with Gasteiger partial charge < -0.3 is 31.2 Å². The molecule has 1 aromatic carbocycles. The Morgan fingerprint density at radius 3 is 2.62 bits per heavy atom. The summed E-state index contributed by atoms with van der Waals surface area (Å²) in [5.41, 5.74) is 6.20. The molecule has 0 aromatic heterocycles. The third kappa shape index (κ3) is 6.09. The molecule has 160 valence electrons. The molecule has 0 spiro atoms. The van der Waals surface area contributed by atoms with E-state index < -0.39 is 19.0 Å². The van der Waals surface area contributed by atoms with E-state index in [1.165, 1.54) is 6.07 Å². The number of rotatable bonds is 7. The van der Waals surface area contributed by atoms with E-state index >= 15 is 0 Å². The lowest BCUT2D eigenvalue weighted by Gasteiger charge is -2.31. The zero-order chi connectivity index (χ0) is 20.1. The molecule has 0 radical (unpaired) electrons. The van der Waals surface area contributed by atoms with Crippen LogP contribution >= 0.6 is 12.4 Å². The van der Waals surface area contributed by atoms with Crippen LogP contribution in [0.15, 0.2) is 18.2 Å². The van der Waals surface area contributed by atoms with Gasteiger partial charge >= 0.3 is 13.1 Å². The van der Waals surface area contributed by atoms with Gasteiger partial charge in [0.05, 0.1) is 11.5 Å². The van der Waals surface area contributed by atoms with Crippen molar-refractivity contribution in [2.75, 3.05) is 13.1 Å². The Kier molecular flexibility index (Phi) is 8.76. The van der Waals surface area contributed by atoms with E-state index in [1.807, 2.05) is 0 Å². The second-order valence-electron chi connectivity index (χ2n) is 7.65. The summed E-state index contributed by atoms with van der Waals surface area (Å²) in [7, 11) is -1.27. The first-order valence-corrected chi connectivity index (χ1v) is 9.90. The van der Waals surface area contributed by atoms with Gasteiger partial charge in [-0.25, -0.2) is 4.79 Å². The monoisotopic (exact) mass is 425 g/mol. The second-order valence-corrected chi connectivity index (χ2v) is 7.65. The maximum Gasteiger partial charge on any atom is 0.547 e. The van der Waals surface area contributed by atoms with Crippen molar-refractivity contribution in [1.82, 2.24) is 10.6 Å². The number of hydrogen-bond acceptors (Lipinski definition) is 6. The zero-order valence-electron chi connectivity index (χ0n) is 16.3. The van der Waals surface area contributed by atoms with Gasteiger partial charge in [-0.05, 0) is 49.7 Å². The molecule has 1 saturated carbocycles. The minimum atomic E-state index is -1.27. The van der Waals surface area contributed by atoms with Crippen LogP contribution in [-0.2, 0) is 11.2 Å². The molecule has 8 nitrogen and oxygen atoms in total. The molecule has 10 heteroatoms. The number of carboxylic acids is 1. The van der Waals surface area contributed by atoms with Crippen LogP contribution in [0.2, 0.25) is 0 Å². The molecule has 0 saturated heterocycles. The lowest BCUT2D eigenvalue weighted by Crippen LogP contribution is -2.53. The highest BCUT2D eigenvalue weighted by molar-refractivity contribution is 6.47. The topological polar surface area (TPSA) is 134 Å². The lowest BCUT2D eigenvalue weighted by molar-refractivity contribution is -0.122. The van der Waals surface area contributed by atoms with Gasteiger partial charge in [0.1, 0.15) is 5.75 Å². The van der Waals surface area contributed by atoms with Crippen molar-refractivity contribution in [2.24, 2.45) is 11.7 Å². The summed E-state index contributed by atoms with van der Waals surface area (Å²) in [6.07, 6.45) is 4.82. The summed E-state index contributed by atoms with van der Waals surface area (Å²) in [5.74, 6) is -1.29. The van der Waals surface area contributed by atoms with E-state index in [0.29, 0.717) is 36.9 Å². The fraction of sp³-hybridized carbons (Fsp3) is 0.579. The molecule has 1 atom stereocenters. The van der Waals surface area contributed by atoms with Crippen molar-refractivity contribution in [3.05, 3.63) is 29.3 Å². The molecule has 29 heavy (non-hydrogen) atoms. The van der Waals surface area contributed by atoms with E-state index in [1.54, 1.807) is 12.1 Å². The highest BCUT2D eigenvalue weighted by atomic mass is 35.5. The first kappa shape index (κ1) is 23.5. The van der Waals surface area contributed by atoms with Crippen molar-refractivity contribution in [3.63, 3.8) is 0 Å². The van der Waals surface area contributed by atoms with Gasteiger partial charge in [-0.3, -0.25) is 4.79 Å². The standard InChI is InChI=1S/C19H28BN3O5.ClH/c21-8-9-22-14-6-4-12(5-7-14)10-17(24)23-16-11-13-2-1-3-15(19(25)26)18(13)28-20(16)27;/h1-3,12,14,16,22,27H,4-11,21H2,(H,23,24)(H,25,26);1H/t12?,14?,16-;/m0./s1. The quantitative estimate of drug-likeness (QED) is 0.407. The summed E-state index contributed by atoms with van der Waals surface area (Å²) < 4.78 is 5.42. The number of carboxylic acid groups (broad SMARTS) is 1. The van der Waals surface area contributed by atoms with E-state index in [9.17, 15) is 19.7 Å². The molecule has 0 bridgehead atoms. The summed E-state index contributed by atoms with van der Waals surface area (Å²) in [6.45, 7) is 1.45. The largest absolute Gasteiger partial charge is 0.547 e. The number of amides is 1. The fourth-order valence-corrected chi connectivity index (χ4v) is 4.10. The number of aromatic carboxylic acids is 1. The van der Waals surface area contributed by atoms with Crippen LogP contribution in [0.5, 0.6) is 5.75 Å². The van der Waals surface area contributed by atoms with Crippen molar-refractivity contribution < 1.29 is 24.4 Å². The van der Waals surface area contributed by atoms with Gasteiger partial charge in [0, 0.05) is 25.6 Å². The van der Waals surface area contributed by atoms with Crippen LogP contribution in [0.3, 0.4) is 0 Å². The Morgan fingerprint density at radius 2 is 1.97 bits per heavy atom. The van der Waals surface area contributed by atoms with Gasteiger partial charge in [0.25, 0.3) is 0 Å². The predicted octanol–water partition coefficient (Wildman–Crippen LogP) is 0.743. The summed E-state index contributed by atoms with van der Waals surface area (Å²) >= 11 is 0. The second kappa shape index (κ2) is 10.8. The molecule has 3 rings (SSSR count). The molecule has 0 unspecified atom stereocenters. The number of hydrogen-bond donors (Lipinski definition) is 5. The van der Waals surface area contributed by atoms with Crippen molar-refractivity contribution in [2.45, 2.75) is 50.5 Å². The first-order valence-electron chi connectivity index (χ1n) is 9.90. The van der Waals surface area contributed by atoms with Crippen LogP contribution in [0.1, 0.15) is 48.0 Å². The van der Waals surface area contributed by atoms with Gasteiger partial charge in [0.15, 0.2) is 0 Å². The van der Waals surface area contributed by atoms with E-state index in [-0.39, 0.29) is 29.6 Å². The van der Waals surface area contributed by atoms with Crippen LogP contribution < -0.4 is 21.0 Å². The average Bonchev–Trinajstić information content (AvgIpc) is 2.67. The summed E-state index contributed by atoms with van der Waals surface area (Å²) in [4.78, 5) is 23.8. The molecular formula is C19H29BClN3O5. The minimum Gasteiger partial charge on any atom is -0.534 e. The molecule has 1 fully saturated rings. The summed E-state index contributed by atoms with van der Waals surface area (Å²) in [6, 6.07) is 5.31. The van der Waals surface area contributed by atoms with E-state index in [2.05, 4.69) is 10.6 Å². The Balaban J connectivity index is 0.00000300. The molecule has 1 aromatic rings. The normalized spacial score (nSPS) is 23.4. The summed E-state index contributed by atoms with van der Waals surface area (Å²) in [5, 5.41) is 25.8. The van der Waals surface area contributed by atoms with Crippen LogP contribution in [0, 0.1) is 5.92 Å². The Hall–Kier alpha value is -1.81.